The molecule has 11 nitrogen and oxygen atoms in total. The first-order valence-electron chi connectivity index (χ1n) is 17.2. The Bertz CT molecular complexity index is 1810. The van der Waals surface area contributed by atoms with E-state index < -0.39 is 16.1 Å². The number of rotatable bonds is 16. The van der Waals surface area contributed by atoms with E-state index in [9.17, 15) is 0 Å². The van der Waals surface area contributed by atoms with Gasteiger partial charge in [0.15, 0.2) is 17.3 Å². The first-order valence-corrected chi connectivity index (χ1v) is 25.5. The Hall–Kier alpha value is -3.25. The molecule has 262 valence electrons. The normalized spacial score (nSPS) is 14.6. The highest BCUT2D eigenvalue weighted by molar-refractivity contribution is 7.08. The standard InChI is InChI=1S/C35H50N8O3SSi2/c1-48(2,3)19-16-45-25-42-23-30(37-32-9-11-36-34(39-32)28-10-18-47-24-28)33(40-42)35-38-29-21-27(22-41-12-14-44-15-13-41)7-8-31(29)43(35)26-46-17-20-49(4,5)6/h7-11,18,21,23-24H,12-17,19-20,22,25-26H2,1-6H3,(H,36,37,39). The third-order valence-corrected chi connectivity index (χ3v) is 12.5. The summed E-state index contributed by atoms with van der Waals surface area (Å²) >= 11 is 1.63. The second-order valence-electron chi connectivity index (χ2n) is 15.1. The van der Waals surface area contributed by atoms with Crippen molar-refractivity contribution < 1.29 is 14.2 Å². The molecule has 4 aromatic heterocycles. The lowest BCUT2D eigenvalue weighted by atomic mass is 10.2. The zero-order valence-electron chi connectivity index (χ0n) is 29.7. The molecule has 49 heavy (non-hydrogen) atoms. The van der Waals surface area contributed by atoms with Crippen molar-refractivity contribution in [1.82, 2.24) is 34.2 Å². The number of benzene rings is 1. The maximum Gasteiger partial charge on any atom is 0.165 e. The number of ether oxygens (including phenoxy) is 3. The smallest absolute Gasteiger partial charge is 0.165 e. The summed E-state index contributed by atoms with van der Waals surface area (Å²) in [5.74, 6) is 2.09. The molecule has 0 aliphatic carbocycles. The van der Waals surface area contributed by atoms with Gasteiger partial charge in [-0.05, 0) is 47.3 Å². The fraction of sp³-hybridized carbons (Fsp3) is 0.486. The molecule has 1 aliphatic rings. The highest BCUT2D eigenvalue weighted by Gasteiger charge is 2.22. The Morgan fingerprint density at radius 1 is 0.918 bits per heavy atom. The first kappa shape index (κ1) is 35.6. The molecule has 0 radical (unpaired) electrons. The molecule has 1 fully saturated rings. The van der Waals surface area contributed by atoms with Gasteiger partial charge < -0.3 is 19.5 Å². The van der Waals surface area contributed by atoms with E-state index in [-0.39, 0.29) is 0 Å². The summed E-state index contributed by atoms with van der Waals surface area (Å²) in [7, 11) is -2.47. The summed E-state index contributed by atoms with van der Waals surface area (Å²) in [6.07, 6.45) is 3.76. The van der Waals surface area contributed by atoms with E-state index in [1.165, 1.54) is 5.56 Å². The van der Waals surface area contributed by atoms with Crippen LogP contribution in [0.15, 0.2) is 53.5 Å². The molecule has 1 saturated heterocycles. The van der Waals surface area contributed by atoms with Gasteiger partial charge in [-0.2, -0.15) is 16.4 Å². The van der Waals surface area contributed by atoms with Crippen molar-refractivity contribution >= 4 is 50.0 Å². The topological polar surface area (TPSA) is 104 Å². The van der Waals surface area contributed by atoms with Gasteiger partial charge in [-0.1, -0.05) is 45.3 Å². The number of morpholine rings is 1. The average molecular weight is 719 g/mol. The first-order chi connectivity index (χ1) is 23.5. The van der Waals surface area contributed by atoms with Crippen LogP contribution in [0.3, 0.4) is 0 Å². The van der Waals surface area contributed by atoms with E-state index in [0.29, 0.717) is 44.0 Å². The van der Waals surface area contributed by atoms with Crippen LogP contribution in [-0.2, 0) is 34.2 Å². The van der Waals surface area contributed by atoms with Crippen LogP contribution in [0.1, 0.15) is 5.56 Å². The second kappa shape index (κ2) is 15.8. The second-order valence-corrected chi connectivity index (χ2v) is 27.1. The summed E-state index contributed by atoms with van der Waals surface area (Å²) in [4.78, 5) is 17.0. The third-order valence-electron chi connectivity index (χ3n) is 8.43. The van der Waals surface area contributed by atoms with Crippen molar-refractivity contribution in [2.75, 3.05) is 44.8 Å². The summed E-state index contributed by atoms with van der Waals surface area (Å²) in [6, 6.07) is 12.7. The molecule has 1 N–H and O–H groups in total. The van der Waals surface area contributed by atoms with Crippen LogP contribution in [0.4, 0.5) is 11.5 Å². The minimum atomic E-state index is -1.25. The van der Waals surface area contributed by atoms with E-state index in [2.05, 4.69) is 82.6 Å². The van der Waals surface area contributed by atoms with Crippen molar-refractivity contribution in [3.05, 3.63) is 59.0 Å². The summed E-state index contributed by atoms with van der Waals surface area (Å²) in [5, 5.41) is 12.7. The molecular weight excluding hydrogens is 669 g/mol. The van der Waals surface area contributed by atoms with Crippen molar-refractivity contribution in [2.24, 2.45) is 0 Å². The molecule has 0 atom stereocenters. The van der Waals surface area contributed by atoms with Gasteiger partial charge in [0.25, 0.3) is 0 Å². The highest BCUT2D eigenvalue weighted by atomic mass is 32.1. The lowest BCUT2D eigenvalue weighted by molar-refractivity contribution is 0.0342. The molecular formula is C35H50N8O3SSi2. The minimum absolute atomic E-state index is 0.347. The zero-order valence-corrected chi connectivity index (χ0v) is 32.6. The lowest BCUT2D eigenvalue weighted by Gasteiger charge is -2.26. The van der Waals surface area contributed by atoms with Crippen LogP contribution >= 0.6 is 11.3 Å². The molecule has 5 aromatic rings. The van der Waals surface area contributed by atoms with E-state index in [0.717, 1.165) is 73.0 Å². The number of hydrogen-bond donors (Lipinski definition) is 1. The van der Waals surface area contributed by atoms with Gasteiger partial charge in [-0.25, -0.2) is 19.6 Å². The van der Waals surface area contributed by atoms with E-state index in [4.69, 9.17) is 29.3 Å². The van der Waals surface area contributed by atoms with Crippen LogP contribution in [0, 0.1) is 0 Å². The van der Waals surface area contributed by atoms with Gasteiger partial charge in [0.05, 0.1) is 36.1 Å². The SMILES string of the molecule is C[Si](C)(C)CCOCn1cc(Nc2ccnc(-c3ccsc3)n2)c(-c2nc3cc(CN4CCOCC4)ccc3n2COCC[Si](C)(C)C)n1. The third kappa shape index (κ3) is 9.93. The molecule has 6 rings (SSSR count). The lowest BCUT2D eigenvalue weighted by Crippen LogP contribution is -2.35. The van der Waals surface area contributed by atoms with E-state index in [1.54, 1.807) is 17.5 Å². The number of fused-ring (bicyclic) bond motifs is 1. The maximum atomic E-state index is 6.35. The Kier molecular flexibility index (Phi) is 11.4. The van der Waals surface area contributed by atoms with Crippen molar-refractivity contribution in [1.29, 1.82) is 0 Å². The van der Waals surface area contributed by atoms with E-state index >= 15 is 0 Å². The zero-order chi connectivity index (χ0) is 34.4. The molecule has 0 saturated carbocycles. The predicted octanol–water partition coefficient (Wildman–Crippen LogP) is 7.62. The predicted molar refractivity (Wildman–Crippen MR) is 204 cm³/mol. The van der Waals surface area contributed by atoms with Crippen molar-refractivity contribution in [3.8, 4) is 22.9 Å². The maximum absolute atomic E-state index is 6.35. The highest BCUT2D eigenvalue weighted by Crippen LogP contribution is 2.32. The molecule has 0 spiro atoms. The van der Waals surface area contributed by atoms with Gasteiger partial charge >= 0.3 is 0 Å². The molecule has 0 amide bonds. The molecule has 0 bridgehead atoms. The number of imidazole rings is 1. The van der Waals surface area contributed by atoms with Crippen LogP contribution < -0.4 is 5.32 Å². The van der Waals surface area contributed by atoms with Crippen LogP contribution in [0.5, 0.6) is 0 Å². The fourth-order valence-corrected chi connectivity index (χ4v) is 7.66. The molecule has 14 heteroatoms. The number of thiophene rings is 1. The quantitative estimate of drug-likeness (QED) is 0.0815. The van der Waals surface area contributed by atoms with Gasteiger partial charge in [0.2, 0.25) is 0 Å². The van der Waals surface area contributed by atoms with E-state index in [1.807, 2.05) is 28.4 Å². The van der Waals surface area contributed by atoms with Crippen LogP contribution in [0.2, 0.25) is 51.4 Å². The molecule has 0 unspecified atom stereocenters. The Morgan fingerprint density at radius 2 is 1.67 bits per heavy atom. The number of hydrogen-bond acceptors (Lipinski definition) is 10. The van der Waals surface area contributed by atoms with Gasteiger partial charge in [0, 0.05) is 66.1 Å². The van der Waals surface area contributed by atoms with Gasteiger partial charge in [-0.3, -0.25) is 9.47 Å². The van der Waals surface area contributed by atoms with Crippen molar-refractivity contribution in [3.63, 3.8) is 0 Å². The van der Waals surface area contributed by atoms with Gasteiger partial charge in [0.1, 0.15) is 19.3 Å². The largest absolute Gasteiger partial charge is 0.379 e. The van der Waals surface area contributed by atoms with Crippen molar-refractivity contribution in [2.45, 2.75) is 71.4 Å². The average Bonchev–Trinajstić information content (AvgIpc) is 3.81. The number of nitrogens with one attached hydrogen (secondary N) is 1. The van der Waals surface area contributed by atoms with Crippen LogP contribution in [-0.4, -0.2) is 89.9 Å². The van der Waals surface area contributed by atoms with Crippen LogP contribution in [0.25, 0.3) is 33.9 Å². The van der Waals surface area contributed by atoms with Gasteiger partial charge in [-0.15, -0.1) is 0 Å². The molecule has 1 aliphatic heterocycles. The number of anilines is 2. The Balaban J connectivity index is 1.35. The minimum Gasteiger partial charge on any atom is -0.379 e. The number of nitrogens with zero attached hydrogens (tertiary/aromatic N) is 7. The Morgan fingerprint density at radius 3 is 2.39 bits per heavy atom. The Labute approximate surface area is 295 Å². The summed E-state index contributed by atoms with van der Waals surface area (Å²) in [5.41, 5.74) is 5.66. The number of aromatic nitrogens is 6. The fourth-order valence-electron chi connectivity index (χ4n) is 5.51. The summed E-state index contributed by atoms with van der Waals surface area (Å²) < 4.78 is 22.1. The summed E-state index contributed by atoms with van der Waals surface area (Å²) in [6.45, 7) is 20.6. The monoisotopic (exact) mass is 718 g/mol. The molecule has 5 heterocycles. The molecule has 1 aromatic carbocycles.